The lowest BCUT2D eigenvalue weighted by molar-refractivity contribution is -0.122. The number of carbonyl (C=O) groups excluding carboxylic acids is 1. The standard InChI is InChI=1S/C9H12N2O2.H2O/c10-9(12)8(11-13)6-7-4-2-1-3-5-7;/h1-5,8,11,13H,6H2,(H2,10,12);1H2. The molecule has 0 radical (unpaired) electrons. The summed E-state index contributed by atoms with van der Waals surface area (Å²) in [5.41, 5.74) is 7.86. The molecule has 0 spiro atoms. The van der Waals surface area contributed by atoms with Gasteiger partial charge in [0.2, 0.25) is 5.91 Å². The molecule has 0 heterocycles. The molecule has 1 atom stereocenters. The van der Waals surface area contributed by atoms with Crippen LogP contribution in [0.25, 0.3) is 0 Å². The minimum absolute atomic E-state index is 0. The molecule has 5 heteroatoms. The van der Waals surface area contributed by atoms with Gasteiger partial charge in [-0.25, -0.2) is 0 Å². The number of hydroxylamine groups is 1. The molecule has 0 aliphatic heterocycles. The maximum atomic E-state index is 10.7. The van der Waals surface area contributed by atoms with Crippen LogP contribution in [0.1, 0.15) is 5.56 Å². The maximum Gasteiger partial charge on any atom is 0.237 e. The third-order valence-electron chi connectivity index (χ3n) is 1.78. The lowest BCUT2D eigenvalue weighted by Crippen LogP contribution is -2.41. The van der Waals surface area contributed by atoms with Crippen molar-refractivity contribution in [2.75, 3.05) is 0 Å². The summed E-state index contributed by atoms with van der Waals surface area (Å²) in [7, 11) is 0. The minimum atomic E-state index is -0.720. The Balaban J connectivity index is 0.00000169. The highest BCUT2D eigenvalue weighted by Gasteiger charge is 2.13. The van der Waals surface area contributed by atoms with Crippen LogP contribution < -0.4 is 11.2 Å². The molecule has 0 aromatic heterocycles. The molecule has 14 heavy (non-hydrogen) atoms. The number of amides is 1. The van der Waals surface area contributed by atoms with E-state index in [4.69, 9.17) is 10.9 Å². The first-order valence-electron chi connectivity index (χ1n) is 3.97. The van der Waals surface area contributed by atoms with Gasteiger partial charge in [0.05, 0.1) is 0 Å². The van der Waals surface area contributed by atoms with Crippen LogP contribution in [-0.4, -0.2) is 22.6 Å². The molecule has 0 saturated heterocycles. The van der Waals surface area contributed by atoms with Crippen molar-refractivity contribution < 1.29 is 15.5 Å². The summed E-state index contributed by atoms with van der Waals surface area (Å²) in [6.07, 6.45) is 0.396. The van der Waals surface area contributed by atoms with E-state index < -0.39 is 11.9 Å². The van der Waals surface area contributed by atoms with E-state index in [0.29, 0.717) is 6.42 Å². The highest BCUT2D eigenvalue weighted by Crippen LogP contribution is 2.02. The fraction of sp³-hybridized carbons (Fsp3) is 0.222. The Bertz CT molecular complexity index is 277. The summed E-state index contributed by atoms with van der Waals surface area (Å²) in [5.74, 6) is -0.564. The zero-order chi connectivity index (χ0) is 9.68. The van der Waals surface area contributed by atoms with Gasteiger partial charge in [0.1, 0.15) is 6.04 Å². The first-order chi connectivity index (χ1) is 6.24. The van der Waals surface area contributed by atoms with E-state index >= 15 is 0 Å². The fourth-order valence-corrected chi connectivity index (χ4v) is 1.06. The molecule has 1 amide bonds. The van der Waals surface area contributed by atoms with Crippen LogP contribution in [0.2, 0.25) is 0 Å². The molecule has 0 fully saturated rings. The zero-order valence-corrected chi connectivity index (χ0v) is 7.60. The minimum Gasteiger partial charge on any atom is -0.412 e. The van der Waals surface area contributed by atoms with Gasteiger partial charge in [-0.15, -0.1) is 0 Å². The van der Waals surface area contributed by atoms with Gasteiger partial charge >= 0.3 is 0 Å². The number of hydrogen-bond donors (Lipinski definition) is 3. The average molecular weight is 198 g/mol. The molecular weight excluding hydrogens is 184 g/mol. The van der Waals surface area contributed by atoms with Crippen molar-refractivity contribution >= 4 is 5.91 Å². The van der Waals surface area contributed by atoms with Crippen molar-refractivity contribution in [1.82, 2.24) is 5.48 Å². The van der Waals surface area contributed by atoms with E-state index in [2.05, 4.69) is 0 Å². The summed E-state index contributed by atoms with van der Waals surface area (Å²) in [4.78, 5) is 10.7. The highest BCUT2D eigenvalue weighted by molar-refractivity contribution is 5.79. The maximum absolute atomic E-state index is 10.7. The Morgan fingerprint density at radius 2 is 2.00 bits per heavy atom. The smallest absolute Gasteiger partial charge is 0.237 e. The average Bonchev–Trinajstić information content (AvgIpc) is 2.15. The molecule has 1 aromatic carbocycles. The van der Waals surface area contributed by atoms with Crippen molar-refractivity contribution in [3.63, 3.8) is 0 Å². The van der Waals surface area contributed by atoms with E-state index in [9.17, 15) is 4.79 Å². The highest BCUT2D eigenvalue weighted by atomic mass is 16.5. The molecule has 5 nitrogen and oxygen atoms in total. The first kappa shape index (κ1) is 12.6. The molecule has 0 bridgehead atoms. The second-order valence-corrected chi connectivity index (χ2v) is 2.77. The Labute approximate surface area is 81.8 Å². The summed E-state index contributed by atoms with van der Waals surface area (Å²) >= 11 is 0. The van der Waals surface area contributed by atoms with Crippen LogP contribution in [-0.2, 0) is 11.2 Å². The Morgan fingerprint density at radius 1 is 1.43 bits per heavy atom. The van der Waals surface area contributed by atoms with Crippen LogP contribution in [0, 0.1) is 0 Å². The third kappa shape index (κ3) is 3.53. The van der Waals surface area contributed by atoms with Crippen LogP contribution in [0.3, 0.4) is 0 Å². The number of rotatable bonds is 4. The lowest BCUT2D eigenvalue weighted by Gasteiger charge is -2.10. The number of benzene rings is 1. The number of nitrogens with one attached hydrogen (secondary N) is 1. The molecule has 1 aromatic rings. The molecule has 1 rings (SSSR count). The van der Waals surface area contributed by atoms with Gasteiger partial charge in [0.25, 0.3) is 0 Å². The van der Waals surface area contributed by atoms with E-state index in [0.717, 1.165) is 5.56 Å². The van der Waals surface area contributed by atoms with Crippen molar-refractivity contribution in [3.8, 4) is 0 Å². The number of nitrogens with two attached hydrogens (primary N) is 1. The molecular formula is C9H14N2O3. The lowest BCUT2D eigenvalue weighted by atomic mass is 10.1. The number of hydrogen-bond acceptors (Lipinski definition) is 3. The van der Waals surface area contributed by atoms with Gasteiger partial charge in [-0.2, -0.15) is 5.48 Å². The van der Waals surface area contributed by atoms with Crippen LogP contribution in [0.4, 0.5) is 0 Å². The second-order valence-electron chi connectivity index (χ2n) is 2.77. The topological polar surface area (TPSA) is 107 Å². The Morgan fingerprint density at radius 3 is 2.43 bits per heavy atom. The number of carbonyl (C=O) groups is 1. The van der Waals surface area contributed by atoms with Gasteiger partial charge in [0.15, 0.2) is 0 Å². The van der Waals surface area contributed by atoms with Crippen molar-refractivity contribution in [1.29, 1.82) is 0 Å². The molecule has 0 aliphatic rings. The molecule has 1 unspecified atom stereocenters. The van der Waals surface area contributed by atoms with Crippen LogP contribution in [0.15, 0.2) is 30.3 Å². The summed E-state index contributed by atoms with van der Waals surface area (Å²) in [5, 5.41) is 8.61. The van der Waals surface area contributed by atoms with E-state index in [-0.39, 0.29) is 5.48 Å². The van der Waals surface area contributed by atoms with Gasteiger partial charge in [-0.3, -0.25) is 4.79 Å². The summed E-state index contributed by atoms with van der Waals surface area (Å²) < 4.78 is 0. The van der Waals surface area contributed by atoms with Crippen molar-refractivity contribution in [3.05, 3.63) is 35.9 Å². The van der Waals surface area contributed by atoms with E-state index in [1.54, 1.807) is 0 Å². The monoisotopic (exact) mass is 198 g/mol. The Hall–Kier alpha value is -1.43. The number of primary amides is 1. The predicted octanol–water partition coefficient (Wildman–Crippen LogP) is -0.763. The summed E-state index contributed by atoms with van der Waals surface area (Å²) in [6.45, 7) is 0. The predicted molar refractivity (Wildman–Crippen MR) is 51.7 cm³/mol. The normalized spacial score (nSPS) is 11.5. The molecule has 78 valence electrons. The van der Waals surface area contributed by atoms with Gasteiger partial charge in [0, 0.05) is 0 Å². The van der Waals surface area contributed by atoms with Crippen molar-refractivity contribution in [2.45, 2.75) is 12.5 Å². The summed E-state index contributed by atoms with van der Waals surface area (Å²) in [6, 6.07) is 8.63. The largest absolute Gasteiger partial charge is 0.412 e. The van der Waals surface area contributed by atoms with Crippen LogP contribution in [0.5, 0.6) is 0 Å². The quantitative estimate of drug-likeness (QED) is 0.553. The third-order valence-corrected chi connectivity index (χ3v) is 1.78. The van der Waals surface area contributed by atoms with Gasteiger partial charge in [-0.05, 0) is 12.0 Å². The first-order valence-corrected chi connectivity index (χ1v) is 3.97. The molecule has 6 N–H and O–H groups in total. The van der Waals surface area contributed by atoms with Crippen LogP contribution >= 0.6 is 0 Å². The Kier molecular flexibility index (Phi) is 5.47. The van der Waals surface area contributed by atoms with Gasteiger partial charge in [-0.1, -0.05) is 30.3 Å². The van der Waals surface area contributed by atoms with Crippen molar-refractivity contribution in [2.24, 2.45) is 5.73 Å². The van der Waals surface area contributed by atoms with Gasteiger partial charge < -0.3 is 16.4 Å². The SMILES string of the molecule is NC(=O)C(Cc1ccccc1)NO.O. The van der Waals surface area contributed by atoms with E-state index in [1.807, 2.05) is 35.8 Å². The fourth-order valence-electron chi connectivity index (χ4n) is 1.06. The second kappa shape index (κ2) is 6.09. The molecule has 0 saturated carbocycles. The molecule has 0 aliphatic carbocycles. The zero-order valence-electron chi connectivity index (χ0n) is 7.60. The van der Waals surface area contributed by atoms with E-state index in [1.165, 1.54) is 0 Å².